The van der Waals surface area contributed by atoms with Gasteiger partial charge in [0.2, 0.25) is 5.91 Å². The molecule has 1 saturated heterocycles. The van der Waals surface area contributed by atoms with Gasteiger partial charge in [-0.25, -0.2) is 0 Å². The van der Waals surface area contributed by atoms with Crippen LogP contribution in [0, 0.1) is 11.8 Å². The first-order chi connectivity index (χ1) is 18.6. The standard InChI is InChI=1S/C33H50N2O3/c1-2-3-7-16-30(36)21-19-29-20-22-32(37)31(29)17-10-4-5-11-18-33(38)35-26-24-34(25-27-35)23-12-15-28-13-8-6-9-14-28/h6,8-9,12-15,19,21,29-31,36H,2-5,7,10-11,16-18,20,22-27H2,1H3/b15-12+,21-19+/t29-,30-,31+/m0/s1. The van der Waals surface area contributed by atoms with Crippen molar-refractivity contribution in [2.45, 2.75) is 90.1 Å². The molecule has 2 fully saturated rings. The summed E-state index contributed by atoms with van der Waals surface area (Å²) in [5.74, 6) is 1.09. The van der Waals surface area contributed by atoms with Gasteiger partial charge in [-0.05, 0) is 37.2 Å². The Kier molecular flexibility index (Phi) is 13.9. The van der Waals surface area contributed by atoms with Gasteiger partial charge in [0.25, 0.3) is 0 Å². The van der Waals surface area contributed by atoms with Crippen LogP contribution in [0.5, 0.6) is 0 Å². The fourth-order valence-electron chi connectivity index (χ4n) is 5.74. The van der Waals surface area contributed by atoms with Gasteiger partial charge in [0.05, 0.1) is 6.10 Å². The molecule has 5 nitrogen and oxygen atoms in total. The van der Waals surface area contributed by atoms with E-state index in [-0.39, 0.29) is 23.8 Å². The van der Waals surface area contributed by atoms with Crippen LogP contribution in [0.4, 0.5) is 0 Å². The highest BCUT2D eigenvalue weighted by molar-refractivity contribution is 5.83. The minimum Gasteiger partial charge on any atom is -0.389 e. The smallest absolute Gasteiger partial charge is 0.222 e. The lowest BCUT2D eigenvalue weighted by molar-refractivity contribution is -0.133. The molecule has 1 N–H and O–H groups in total. The molecule has 5 heteroatoms. The molecule has 38 heavy (non-hydrogen) atoms. The summed E-state index contributed by atoms with van der Waals surface area (Å²) in [6.07, 6.45) is 19.5. The summed E-state index contributed by atoms with van der Waals surface area (Å²) in [7, 11) is 0. The zero-order chi connectivity index (χ0) is 27.0. The zero-order valence-electron chi connectivity index (χ0n) is 23.6. The molecule has 0 radical (unpaired) electrons. The molecule has 1 aromatic rings. The predicted octanol–water partition coefficient (Wildman–Crippen LogP) is 6.28. The molecule has 210 valence electrons. The molecule has 1 amide bonds. The average molecular weight is 523 g/mol. The summed E-state index contributed by atoms with van der Waals surface area (Å²) in [6, 6.07) is 10.4. The molecule has 2 aliphatic rings. The number of unbranched alkanes of at least 4 members (excludes halogenated alkanes) is 5. The van der Waals surface area contributed by atoms with Crippen LogP contribution >= 0.6 is 0 Å². The number of carbonyl (C=O) groups excluding carboxylic acids is 2. The normalized spacial score (nSPS) is 21.6. The second-order valence-corrected chi connectivity index (χ2v) is 11.2. The minimum absolute atomic E-state index is 0.120. The SMILES string of the molecule is CCCCC[C@H](O)/C=C/[C@H]1CCC(=O)[C@@H]1CCCCCCC(=O)N1CCN(C/C=C/c2ccccc2)CC1. The maximum Gasteiger partial charge on any atom is 0.222 e. The van der Waals surface area contributed by atoms with Gasteiger partial charge in [0.15, 0.2) is 0 Å². The van der Waals surface area contributed by atoms with E-state index in [0.717, 1.165) is 96.9 Å². The molecule has 1 aliphatic heterocycles. The third-order valence-corrected chi connectivity index (χ3v) is 8.19. The topological polar surface area (TPSA) is 60.9 Å². The Balaban J connectivity index is 1.24. The van der Waals surface area contributed by atoms with Crippen LogP contribution in [-0.2, 0) is 9.59 Å². The highest BCUT2D eigenvalue weighted by atomic mass is 16.3. The summed E-state index contributed by atoms with van der Waals surface area (Å²) in [4.78, 5) is 29.5. The molecular weight excluding hydrogens is 472 g/mol. The van der Waals surface area contributed by atoms with Crippen LogP contribution in [0.3, 0.4) is 0 Å². The lowest BCUT2D eigenvalue weighted by Gasteiger charge is -2.34. The Labute approximate surface area is 231 Å². The summed E-state index contributed by atoms with van der Waals surface area (Å²) < 4.78 is 0. The maximum absolute atomic E-state index is 12.7. The first kappa shape index (κ1) is 30.3. The van der Waals surface area contributed by atoms with Crippen molar-refractivity contribution in [2.75, 3.05) is 32.7 Å². The Hall–Kier alpha value is -2.24. The van der Waals surface area contributed by atoms with Crippen molar-refractivity contribution in [3.63, 3.8) is 0 Å². The van der Waals surface area contributed by atoms with E-state index in [1.54, 1.807) is 0 Å². The summed E-state index contributed by atoms with van der Waals surface area (Å²) in [5, 5.41) is 10.2. The van der Waals surface area contributed by atoms with Crippen LogP contribution in [0.15, 0.2) is 48.6 Å². The Bertz CT molecular complexity index is 873. The van der Waals surface area contributed by atoms with E-state index in [1.807, 2.05) is 17.0 Å². The number of rotatable bonds is 16. The van der Waals surface area contributed by atoms with Gasteiger partial charge < -0.3 is 10.0 Å². The van der Waals surface area contributed by atoms with Crippen LogP contribution in [0.1, 0.15) is 89.5 Å². The van der Waals surface area contributed by atoms with E-state index in [0.29, 0.717) is 18.6 Å². The number of hydrogen-bond donors (Lipinski definition) is 1. The van der Waals surface area contributed by atoms with Crippen molar-refractivity contribution in [1.82, 2.24) is 9.80 Å². The molecule has 0 unspecified atom stereocenters. The highest BCUT2D eigenvalue weighted by Crippen LogP contribution is 2.34. The fourth-order valence-corrected chi connectivity index (χ4v) is 5.74. The monoisotopic (exact) mass is 522 g/mol. The molecule has 1 aliphatic carbocycles. The van der Waals surface area contributed by atoms with Gasteiger partial charge in [0.1, 0.15) is 5.78 Å². The Morgan fingerprint density at radius 2 is 1.79 bits per heavy atom. The number of aliphatic hydroxyl groups is 1. The molecule has 1 aromatic carbocycles. The van der Waals surface area contributed by atoms with Gasteiger partial charge >= 0.3 is 0 Å². The second-order valence-electron chi connectivity index (χ2n) is 11.2. The summed E-state index contributed by atoms with van der Waals surface area (Å²) >= 11 is 0. The van der Waals surface area contributed by atoms with E-state index < -0.39 is 0 Å². The van der Waals surface area contributed by atoms with Gasteiger partial charge in [-0.2, -0.15) is 0 Å². The third-order valence-electron chi connectivity index (χ3n) is 8.19. The number of ketones is 1. The molecule has 0 spiro atoms. The number of allylic oxidation sites excluding steroid dienone is 1. The van der Waals surface area contributed by atoms with E-state index in [9.17, 15) is 14.7 Å². The van der Waals surface area contributed by atoms with Crippen LogP contribution in [0.2, 0.25) is 0 Å². The van der Waals surface area contributed by atoms with Crippen molar-refractivity contribution >= 4 is 17.8 Å². The van der Waals surface area contributed by atoms with Crippen molar-refractivity contribution < 1.29 is 14.7 Å². The Morgan fingerprint density at radius 1 is 1.03 bits per heavy atom. The lowest BCUT2D eigenvalue weighted by Crippen LogP contribution is -2.48. The van der Waals surface area contributed by atoms with Crippen molar-refractivity contribution in [3.05, 3.63) is 54.1 Å². The van der Waals surface area contributed by atoms with Gasteiger partial charge in [-0.1, -0.05) is 100 Å². The quantitative estimate of drug-likeness (QED) is 0.205. The number of Topliss-reactive ketones (excluding diaryl/α,β-unsaturated/α-hetero) is 1. The van der Waals surface area contributed by atoms with Crippen LogP contribution < -0.4 is 0 Å². The third kappa shape index (κ3) is 10.9. The molecule has 0 bridgehead atoms. The first-order valence-corrected chi connectivity index (χ1v) is 15.2. The van der Waals surface area contributed by atoms with Gasteiger partial charge in [-0.15, -0.1) is 0 Å². The van der Waals surface area contributed by atoms with Crippen molar-refractivity contribution in [3.8, 4) is 0 Å². The highest BCUT2D eigenvalue weighted by Gasteiger charge is 2.32. The molecule has 1 heterocycles. The fraction of sp³-hybridized carbons (Fsp3) is 0.636. The first-order valence-electron chi connectivity index (χ1n) is 15.2. The lowest BCUT2D eigenvalue weighted by atomic mass is 9.89. The van der Waals surface area contributed by atoms with E-state index in [4.69, 9.17) is 0 Å². The van der Waals surface area contributed by atoms with E-state index in [2.05, 4.69) is 54.3 Å². The minimum atomic E-state index is -0.380. The summed E-state index contributed by atoms with van der Waals surface area (Å²) in [6.45, 7) is 6.62. The average Bonchev–Trinajstić information content (AvgIpc) is 3.29. The van der Waals surface area contributed by atoms with Gasteiger partial charge in [0, 0.05) is 51.5 Å². The number of hydrogen-bond acceptors (Lipinski definition) is 4. The number of nitrogens with zero attached hydrogens (tertiary/aromatic N) is 2. The number of carbonyl (C=O) groups is 2. The second kappa shape index (κ2) is 17.4. The number of amides is 1. The molecule has 3 rings (SSSR count). The largest absolute Gasteiger partial charge is 0.389 e. The number of benzene rings is 1. The molecule has 3 atom stereocenters. The van der Waals surface area contributed by atoms with E-state index >= 15 is 0 Å². The molecular formula is C33H50N2O3. The zero-order valence-corrected chi connectivity index (χ0v) is 23.6. The predicted molar refractivity (Wildman–Crippen MR) is 157 cm³/mol. The van der Waals surface area contributed by atoms with Crippen LogP contribution in [0.25, 0.3) is 6.08 Å². The maximum atomic E-state index is 12.7. The molecule has 1 saturated carbocycles. The number of piperazine rings is 1. The summed E-state index contributed by atoms with van der Waals surface area (Å²) in [5.41, 5.74) is 1.22. The van der Waals surface area contributed by atoms with Crippen LogP contribution in [-0.4, -0.2) is 65.4 Å². The van der Waals surface area contributed by atoms with E-state index in [1.165, 1.54) is 5.56 Å². The van der Waals surface area contributed by atoms with Gasteiger partial charge in [-0.3, -0.25) is 14.5 Å². The Morgan fingerprint density at radius 3 is 2.55 bits per heavy atom. The number of aliphatic hydroxyl groups excluding tert-OH is 1. The van der Waals surface area contributed by atoms with Crippen molar-refractivity contribution in [2.24, 2.45) is 11.8 Å². The molecule has 0 aromatic heterocycles. The van der Waals surface area contributed by atoms with Crippen molar-refractivity contribution in [1.29, 1.82) is 0 Å².